The number of piperazine rings is 1. The molecule has 2 heterocycles. The molecule has 0 spiro atoms. The van der Waals surface area contributed by atoms with E-state index in [9.17, 15) is 9.59 Å². The summed E-state index contributed by atoms with van der Waals surface area (Å²) < 4.78 is 2.15. The first-order valence-corrected chi connectivity index (χ1v) is 11.8. The minimum Gasteiger partial charge on any atom is -0.338 e. The number of imidazole rings is 1. The Morgan fingerprint density at radius 2 is 1.61 bits per heavy atom. The van der Waals surface area contributed by atoms with E-state index in [0.717, 1.165) is 29.2 Å². The quantitative estimate of drug-likeness (QED) is 0.553. The number of benzene rings is 2. The number of carbonyl (C=O) groups excluding carboxylic acids is 2. The predicted molar refractivity (Wildman–Crippen MR) is 124 cm³/mol. The number of para-hydroxylation sites is 2. The first-order valence-electron chi connectivity index (χ1n) is 10.8. The zero-order chi connectivity index (χ0) is 21.8. The van der Waals surface area contributed by atoms with Gasteiger partial charge in [-0.3, -0.25) is 9.59 Å². The number of nitrogens with zero attached hydrogens (tertiary/aromatic N) is 4. The SMILES string of the molecule is CCc1ccc(C(=O)N2CCN(C(=O)CSc3nc4ccccc4n3CC)CC2)cc1. The van der Waals surface area contributed by atoms with Gasteiger partial charge in [-0.2, -0.15) is 0 Å². The summed E-state index contributed by atoms with van der Waals surface area (Å²) in [5.41, 5.74) is 3.99. The molecule has 1 aliphatic rings. The molecule has 0 atom stereocenters. The number of hydrogen-bond acceptors (Lipinski definition) is 4. The van der Waals surface area contributed by atoms with E-state index in [0.29, 0.717) is 37.5 Å². The van der Waals surface area contributed by atoms with E-state index in [2.05, 4.69) is 29.5 Å². The molecule has 0 radical (unpaired) electrons. The van der Waals surface area contributed by atoms with Crippen LogP contribution in [0.3, 0.4) is 0 Å². The lowest BCUT2D eigenvalue weighted by molar-refractivity contribution is -0.129. The minimum atomic E-state index is 0.0424. The Balaban J connectivity index is 1.32. The molecular formula is C24H28N4O2S. The Morgan fingerprint density at radius 3 is 2.29 bits per heavy atom. The average molecular weight is 437 g/mol. The first-order chi connectivity index (χ1) is 15.1. The fraction of sp³-hybridized carbons (Fsp3) is 0.375. The lowest BCUT2D eigenvalue weighted by Gasteiger charge is -2.34. The maximum Gasteiger partial charge on any atom is 0.253 e. The molecule has 1 aliphatic heterocycles. The van der Waals surface area contributed by atoms with E-state index in [-0.39, 0.29) is 11.8 Å². The summed E-state index contributed by atoms with van der Waals surface area (Å²) in [7, 11) is 0. The van der Waals surface area contributed by atoms with Crippen molar-refractivity contribution in [1.29, 1.82) is 0 Å². The molecule has 6 nitrogen and oxygen atoms in total. The second-order valence-corrected chi connectivity index (χ2v) is 8.58. The summed E-state index contributed by atoms with van der Waals surface area (Å²) in [6.45, 7) is 7.29. The number of carbonyl (C=O) groups is 2. The zero-order valence-electron chi connectivity index (χ0n) is 18.1. The second-order valence-electron chi connectivity index (χ2n) is 7.64. The number of aromatic nitrogens is 2. The van der Waals surface area contributed by atoms with Gasteiger partial charge in [-0.25, -0.2) is 4.98 Å². The monoisotopic (exact) mass is 436 g/mol. The summed E-state index contributed by atoms with van der Waals surface area (Å²) >= 11 is 1.49. The van der Waals surface area contributed by atoms with Crippen LogP contribution in [0.25, 0.3) is 11.0 Å². The fourth-order valence-corrected chi connectivity index (χ4v) is 4.89. The number of hydrogen-bond donors (Lipinski definition) is 0. The van der Waals surface area contributed by atoms with Gasteiger partial charge in [0.25, 0.3) is 5.91 Å². The molecule has 4 rings (SSSR count). The number of aryl methyl sites for hydroxylation is 2. The van der Waals surface area contributed by atoms with Crippen molar-refractivity contribution in [3.63, 3.8) is 0 Å². The van der Waals surface area contributed by atoms with Gasteiger partial charge in [0, 0.05) is 38.3 Å². The zero-order valence-corrected chi connectivity index (χ0v) is 18.9. The summed E-state index contributed by atoms with van der Waals surface area (Å²) in [6.07, 6.45) is 0.960. The molecule has 0 N–H and O–H groups in total. The molecule has 1 fully saturated rings. The van der Waals surface area contributed by atoms with Crippen molar-refractivity contribution in [2.75, 3.05) is 31.9 Å². The van der Waals surface area contributed by atoms with Gasteiger partial charge in [-0.15, -0.1) is 0 Å². The largest absolute Gasteiger partial charge is 0.338 e. The predicted octanol–water partition coefficient (Wildman–Crippen LogP) is 3.70. The molecule has 0 unspecified atom stereocenters. The van der Waals surface area contributed by atoms with Gasteiger partial charge in [-0.1, -0.05) is 43.0 Å². The van der Waals surface area contributed by atoms with E-state index in [4.69, 9.17) is 0 Å². The minimum absolute atomic E-state index is 0.0424. The number of fused-ring (bicyclic) bond motifs is 1. The highest BCUT2D eigenvalue weighted by Crippen LogP contribution is 2.24. The van der Waals surface area contributed by atoms with E-state index >= 15 is 0 Å². The molecular weight excluding hydrogens is 408 g/mol. The molecule has 7 heteroatoms. The van der Waals surface area contributed by atoms with Crippen LogP contribution in [0, 0.1) is 0 Å². The summed E-state index contributed by atoms with van der Waals surface area (Å²) in [4.78, 5) is 33.9. The van der Waals surface area contributed by atoms with Crippen LogP contribution in [0.2, 0.25) is 0 Å². The van der Waals surface area contributed by atoms with Crippen LogP contribution >= 0.6 is 11.8 Å². The average Bonchev–Trinajstić information content (AvgIpc) is 3.19. The molecule has 1 saturated heterocycles. The lowest BCUT2D eigenvalue weighted by Crippen LogP contribution is -2.51. The van der Waals surface area contributed by atoms with E-state index in [1.54, 1.807) is 0 Å². The highest BCUT2D eigenvalue weighted by molar-refractivity contribution is 7.99. The van der Waals surface area contributed by atoms with Crippen LogP contribution < -0.4 is 0 Å². The number of thioether (sulfide) groups is 1. The van der Waals surface area contributed by atoms with Crippen LogP contribution in [0.5, 0.6) is 0 Å². The summed E-state index contributed by atoms with van der Waals surface area (Å²) in [6, 6.07) is 15.9. The van der Waals surface area contributed by atoms with Gasteiger partial charge in [0.2, 0.25) is 5.91 Å². The van der Waals surface area contributed by atoms with Gasteiger partial charge in [-0.05, 0) is 43.2 Å². The number of amides is 2. The van der Waals surface area contributed by atoms with Crippen molar-refractivity contribution in [1.82, 2.24) is 19.4 Å². The highest BCUT2D eigenvalue weighted by Gasteiger charge is 2.25. The molecule has 0 bridgehead atoms. The maximum absolute atomic E-state index is 12.8. The Hall–Kier alpha value is -2.80. The standard InChI is InChI=1S/C24H28N4O2S/c1-3-18-9-11-19(12-10-18)23(30)27-15-13-26(14-16-27)22(29)17-31-24-25-20-7-5-6-8-21(20)28(24)4-2/h5-12H,3-4,13-17H2,1-2H3. The third kappa shape index (κ3) is 4.61. The van der Waals surface area contributed by atoms with Gasteiger partial charge in [0.1, 0.15) is 0 Å². The maximum atomic E-state index is 12.8. The molecule has 0 aliphatic carbocycles. The Morgan fingerprint density at radius 1 is 0.935 bits per heavy atom. The van der Waals surface area contributed by atoms with Gasteiger partial charge >= 0.3 is 0 Å². The number of rotatable bonds is 6. The normalized spacial score (nSPS) is 14.3. The molecule has 162 valence electrons. The van der Waals surface area contributed by atoms with E-state index in [1.807, 2.05) is 52.3 Å². The summed E-state index contributed by atoms with van der Waals surface area (Å²) in [5.74, 6) is 0.496. The van der Waals surface area contributed by atoms with E-state index in [1.165, 1.54) is 17.3 Å². The first kappa shape index (κ1) is 21.4. The van der Waals surface area contributed by atoms with Crippen molar-refractivity contribution in [3.05, 3.63) is 59.7 Å². The topological polar surface area (TPSA) is 58.4 Å². The van der Waals surface area contributed by atoms with Crippen LogP contribution in [-0.2, 0) is 17.8 Å². The van der Waals surface area contributed by atoms with Crippen LogP contribution in [0.4, 0.5) is 0 Å². The third-order valence-electron chi connectivity index (χ3n) is 5.79. The van der Waals surface area contributed by atoms with Crippen molar-refractivity contribution >= 4 is 34.6 Å². The Labute approximate surface area is 187 Å². The Bertz CT molecular complexity index is 1070. The fourth-order valence-electron chi connectivity index (χ4n) is 3.91. The van der Waals surface area contributed by atoms with Crippen molar-refractivity contribution < 1.29 is 9.59 Å². The summed E-state index contributed by atoms with van der Waals surface area (Å²) in [5, 5.41) is 0.876. The van der Waals surface area contributed by atoms with Crippen molar-refractivity contribution in [2.45, 2.75) is 32.0 Å². The molecule has 0 saturated carbocycles. The molecule has 2 amide bonds. The molecule has 1 aromatic heterocycles. The van der Waals surface area contributed by atoms with Crippen LogP contribution in [0.15, 0.2) is 53.7 Å². The third-order valence-corrected chi connectivity index (χ3v) is 6.75. The Kier molecular flexibility index (Phi) is 6.61. The highest BCUT2D eigenvalue weighted by atomic mass is 32.2. The lowest BCUT2D eigenvalue weighted by atomic mass is 10.1. The van der Waals surface area contributed by atoms with Gasteiger partial charge in [0.05, 0.1) is 16.8 Å². The van der Waals surface area contributed by atoms with Crippen LogP contribution in [0.1, 0.15) is 29.8 Å². The van der Waals surface area contributed by atoms with Gasteiger partial charge in [0.15, 0.2) is 5.16 Å². The van der Waals surface area contributed by atoms with Crippen molar-refractivity contribution in [2.24, 2.45) is 0 Å². The molecule has 2 aromatic carbocycles. The van der Waals surface area contributed by atoms with Crippen molar-refractivity contribution in [3.8, 4) is 0 Å². The second kappa shape index (κ2) is 9.56. The van der Waals surface area contributed by atoms with E-state index < -0.39 is 0 Å². The molecule has 31 heavy (non-hydrogen) atoms. The van der Waals surface area contributed by atoms with Gasteiger partial charge < -0.3 is 14.4 Å². The van der Waals surface area contributed by atoms with Crippen LogP contribution in [-0.4, -0.2) is 63.1 Å². The molecule has 3 aromatic rings. The smallest absolute Gasteiger partial charge is 0.253 e.